The van der Waals surface area contributed by atoms with E-state index >= 15 is 0 Å². The molecule has 21 heavy (non-hydrogen) atoms. The number of hydrogen-bond donors (Lipinski definition) is 1. The van der Waals surface area contributed by atoms with E-state index in [2.05, 4.69) is 21.6 Å². The lowest BCUT2D eigenvalue weighted by molar-refractivity contribution is 0.324. The second kappa shape index (κ2) is 6.34. The smallest absolute Gasteiger partial charge is 0.179 e. The Morgan fingerprint density at radius 1 is 1.29 bits per heavy atom. The Hall–Kier alpha value is -1.10. The number of aromatic amines is 1. The van der Waals surface area contributed by atoms with Crippen LogP contribution < -0.4 is 0 Å². The van der Waals surface area contributed by atoms with Crippen LogP contribution in [0.1, 0.15) is 57.6 Å². The largest absolute Gasteiger partial charge is 0.328 e. The number of rotatable bonds is 5. The van der Waals surface area contributed by atoms with Gasteiger partial charge in [-0.05, 0) is 31.0 Å². The highest BCUT2D eigenvalue weighted by Crippen LogP contribution is 2.27. The lowest BCUT2D eigenvalue weighted by atomic mass is 9.87. The van der Waals surface area contributed by atoms with Crippen LogP contribution in [0, 0.1) is 10.7 Å². The van der Waals surface area contributed by atoms with Crippen molar-refractivity contribution in [2.75, 3.05) is 0 Å². The third-order valence-corrected chi connectivity index (χ3v) is 5.12. The first kappa shape index (κ1) is 14.8. The molecule has 116 valence electrons. The average molecular weight is 306 g/mol. The standard InChI is InChI=1S/C16H26N4S/c1-3-7-13-14-15(19(2)18-13)20(16(21)17-14)11-10-12-8-5-4-6-9-12/h12H,3-11H2,1-2H3,(H,17,21). The van der Waals surface area contributed by atoms with Gasteiger partial charge in [-0.15, -0.1) is 0 Å². The normalized spacial score (nSPS) is 16.9. The lowest BCUT2D eigenvalue weighted by Gasteiger charge is -2.21. The van der Waals surface area contributed by atoms with Gasteiger partial charge in [-0.3, -0.25) is 4.68 Å². The fraction of sp³-hybridized carbons (Fsp3) is 0.750. The molecular formula is C16H26N4S. The van der Waals surface area contributed by atoms with E-state index in [4.69, 9.17) is 12.2 Å². The number of nitrogens with one attached hydrogen (secondary N) is 1. The van der Waals surface area contributed by atoms with Crippen LogP contribution >= 0.6 is 12.2 Å². The molecule has 0 spiro atoms. The Labute approximate surface area is 131 Å². The average Bonchev–Trinajstić information content (AvgIpc) is 2.96. The topological polar surface area (TPSA) is 38.5 Å². The highest BCUT2D eigenvalue weighted by atomic mass is 32.1. The minimum absolute atomic E-state index is 0.853. The summed E-state index contributed by atoms with van der Waals surface area (Å²) < 4.78 is 5.10. The summed E-state index contributed by atoms with van der Waals surface area (Å²) in [5.41, 5.74) is 3.46. The molecule has 3 rings (SSSR count). The van der Waals surface area contributed by atoms with Crippen LogP contribution in [0.15, 0.2) is 0 Å². The number of hydrogen-bond acceptors (Lipinski definition) is 2. The van der Waals surface area contributed by atoms with Gasteiger partial charge in [-0.2, -0.15) is 5.10 Å². The molecule has 2 aromatic rings. The Bertz CT molecular complexity index is 658. The van der Waals surface area contributed by atoms with Crippen molar-refractivity contribution in [2.45, 2.75) is 64.8 Å². The molecule has 4 nitrogen and oxygen atoms in total. The maximum Gasteiger partial charge on any atom is 0.179 e. The summed E-state index contributed by atoms with van der Waals surface area (Å²) in [6.45, 7) is 3.21. The van der Waals surface area contributed by atoms with E-state index in [1.165, 1.54) is 44.2 Å². The molecule has 2 aromatic heterocycles. The summed E-state index contributed by atoms with van der Waals surface area (Å²) in [4.78, 5) is 3.38. The van der Waals surface area contributed by atoms with E-state index in [9.17, 15) is 0 Å². The molecule has 0 atom stereocenters. The third-order valence-electron chi connectivity index (χ3n) is 4.79. The summed E-state index contributed by atoms with van der Waals surface area (Å²) in [6.07, 6.45) is 10.4. The first-order valence-electron chi connectivity index (χ1n) is 8.35. The molecule has 2 heterocycles. The van der Waals surface area contributed by atoms with Crippen LogP contribution in [0.25, 0.3) is 11.2 Å². The molecule has 1 aliphatic carbocycles. The first-order chi connectivity index (χ1) is 10.2. The van der Waals surface area contributed by atoms with E-state index in [-0.39, 0.29) is 0 Å². The quantitative estimate of drug-likeness (QED) is 0.834. The summed E-state index contributed by atoms with van der Waals surface area (Å²) in [6, 6.07) is 0. The number of fused-ring (bicyclic) bond motifs is 1. The van der Waals surface area contributed by atoms with Crippen LogP contribution in [0.3, 0.4) is 0 Å². The fourth-order valence-corrected chi connectivity index (χ4v) is 3.96. The summed E-state index contributed by atoms with van der Waals surface area (Å²) in [5, 5.41) is 4.65. The Kier molecular flexibility index (Phi) is 4.48. The van der Waals surface area contributed by atoms with Gasteiger partial charge in [0.1, 0.15) is 5.52 Å². The third kappa shape index (κ3) is 2.93. The van der Waals surface area contributed by atoms with Crippen molar-refractivity contribution >= 4 is 23.4 Å². The van der Waals surface area contributed by atoms with Gasteiger partial charge in [0.2, 0.25) is 0 Å². The zero-order chi connectivity index (χ0) is 14.8. The molecule has 1 aliphatic rings. The van der Waals surface area contributed by atoms with E-state index in [1.54, 1.807) is 0 Å². The number of nitrogens with zero attached hydrogens (tertiary/aromatic N) is 3. The van der Waals surface area contributed by atoms with Gasteiger partial charge >= 0.3 is 0 Å². The van der Waals surface area contributed by atoms with E-state index in [0.29, 0.717) is 0 Å². The maximum atomic E-state index is 5.54. The van der Waals surface area contributed by atoms with Gasteiger partial charge in [0.05, 0.1) is 5.69 Å². The van der Waals surface area contributed by atoms with Crippen molar-refractivity contribution in [3.8, 4) is 0 Å². The van der Waals surface area contributed by atoms with Crippen molar-refractivity contribution in [1.29, 1.82) is 0 Å². The molecule has 0 aromatic carbocycles. The second-order valence-corrected chi connectivity index (χ2v) is 6.78. The van der Waals surface area contributed by atoms with Crippen LogP contribution in [0.5, 0.6) is 0 Å². The van der Waals surface area contributed by atoms with Crippen molar-refractivity contribution in [3.05, 3.63) is 10.5 Å². The SMILES string of the molecule is CCCc1nn(C)c2c1[nH]c(=S)n2CCC1CCCCC1. The van der Waals surface area contributed by atoms with Crippen molar-refractivity contribution < 1.29 is 0 Å². The molecule has 1 fully saturated rings. The van der Waals surface area contributed by atoms with Gasteiger partial charge < -0.3 is 9.55 Å². The van der Waals surface area contributed by atoms with E-state index in [0.717, 1.165) is 41.3 Å². The van der Waals surface area contributed by atoms with Crippen LogP contribution in [-0.2, 0) is 20.0 Å². The number of aryl methyl sites for hydroxylation is 3. The summed E-state index contributed by atoms with van der Waals surface area (Å²) >= 11 is 5.54. The predicted molar refractivity (Wildman–Crippen MR) is 89.1 cm³/mol. The van der Waals surface area contributed by atoms with Gasteiger partial charge in [0, 0.05) is 13.6 Å². The minimum atomic E-state index is 0.853. The molecule has 1 N–H and O–H groups in total. The predicted octanol–water partition coefficient (Wildman–Crippen LogP) is 4.36. The molecule has 5 heteroatoms. The van der Waals surface area contributed by atoms with Gasteiger partial charge in [-0.25, -0.2) is 0 Å². The molecule has 1 saturated carbocycles. The monoisotopic (exact) mass is 306 g/mol. The fourth-order valence-electron chi connectivity index (χ4n) is 3.68. The molecule has 0 radical (unpaired) electrons. The van der Waals surface area contributed by atoms with Crippen LogP contribution in [0.4, 0.5) is 0 Å². The number of aromatic nitrogens is 4. The van der Waals surface area contributed by atoms with Crippen molar-refractivity contribution in [3.63, 3.8) is 0 Å². The Morgan fingerprint density at radius 2 is 2.05 bits per heavy atom. The lowest BCUT2D eigenvalue weighted by Crippen LogP contribution is -2.11. The molecule has 0 saturated heterocycles. The van der Waals surface area contributed by atoms with Gasteiger partial charge in [0.15, 0.2) is 10.4 Å². The molecule has 0 amide bonds. The molecule has 0 aliphatic heterocycles. The van der Waals surface area contributed by atoms with E-state index in [1.807, 2.05) is 11.7 Å². The molecule has 0 bridgehead atoms. The Balaban J connectivity index is 1.84. The molecule has 0 unspecified atom stereocenters. The first-order valence-corrected chi connectivity index (χ1v) is 8.76. The summed E-state index contributed by atoms with van der Waals surface area (Å²) in [5.74, 6) is 0.883. The minimum Gasteiger partial charge on any atom is -0.328 e. The Morgan fingerprint density at radius 3 is 2.76 bits per heavy atom. The van der Waals surface area contributed by atoms with Gasteiger partial charge in [-0.1, -0.05) is 45.4 Å². The molecular weight excluding hydrogens is 280 g/mol. The number of H-pyrrole nitrogens is 1. The van der Waals surface area contributed by atoms with E-state index < -0.39 is 0 Å². The highest BCUT2D eigenvalue weighted by molar-refractivity contribution is 7.71. The summed E-state index contributed by atoms with van der Waals surface area (Å²) in [7, 11) is 2.03. The van der Waals surface area contributed by atoms with Crippen molar-refractivity contribution in [1.82, 2.24) is 19.3 Å². The van der Waals surface area contributed by atoms with Gasteiger partial charge in [0.25, 0.3) is 0 Å². The maximum absolute atomic E-state index is 5.54. The zero-order valence-corrected chi connectivity index (χ0v) is 14.0. The van der Waals surface area contributed by atoms with Crippen molar-refractivity contribution in [2.24, 2.45) is 13.0 Å². The highest BCUT2D eigenvalue weighted by Gasteiger charge is 2.17. The zero-order valence-electron chi connectivity index (χ0n) is 13.2. The van der Waals surface area contributed by atoms with Crippen LogP contribution in [0.2, 0.25) is 0 Å². The number of imidazole rings is 1. The second-order valence-electron chi connectivity index (χ2n) is 6.39. The van der Waals surface area contributed by atoms with Crippen LogP contribution in [-0.4, -0.2) is 19.3 Å².